The number of hydrogen-bond donors (Lipinski definition) is 2. The van der Waals surface area contributed by atoms with Gasteiger partial charge in [0.25, 0.3) is 0 Å². The molecule has 5 nitrogen and oxygen atoms in total. The van der Waals surface area contributed by atoms with Gasteiger partial charge in [-0.3, -0.25) is 4.68 Å². The average Bonchev–Trinajstić information content (AvgIpc) is 2.57. The predicted octanol–water partition coefficient (Wildman–Crippen LogP) is 1.03. The van der Waals surface area contributed by atoms with Gasteiger partial charge in [-0.2, -0.15) is 5.10 Å². The summed E-state index contributed by atoms with van der Waals surface area (Å²) < 4.78 is 16.3. The molecule has 0 bridgehead atoms. The Bertz CT molecular complexity index is 373. The lowest BCUT2D eigenvalue weighted by atomic mass is 10.1. The van der Waals surface area contributed by atoms with Gasteiger partial charge in [0, 0.05) is 24.0 Å². The van der Waals surface area contributed by atoms with Gasteiger partial charge in [0.1, 0.15) is 4.75 Å². The van der Waals surface area contributed by atoms with Gasteiger partial charge in [-0.05, 0) is 27.7 Å². The van der Waals surface area contributed by atoms with E-state index in [9.17, 15) is 9.66 Å². The van der Waals surface area contributed by atoms with E-state index in [0.717, 1.165) is 11.3 Å². The van der Waals surface area contributed by atoms with Gasteiger partial charge in [0.05, 0.1) is 24.5 Å². The van der Waals surface area contributed by atoms with Gasteiger partial charge < -0.3 is 9.66 Å². The van der Waals surface area contributed by atoms with Crippen molar-refractivity contribution >= 4 is 11.4 Å². The second-order valence-corrected chi connectivity index (χ2v) is 7.05. The Balaban J connectivity index is 2.80. The molecule has 6 heteroatoms. The zero-order valence-electron chi connectivity index (χ0n) is 11.0. The Morgan fingerprint density at radius 1 is 1.59 bits per heavy atom. The Morgan fingerprint density at radius 2 is 2.18 bits per heavy atom. The number of aryl methyl sites for hydroxylation is 1. The van der Waals surface area contributed by atoms with E-state index in [1.807, 2.05) is 27.7 Å². The van der Waals surface area contributed by atoms with Crippen molar-refractivity contribution in [3.05, 3.63) is 17.5 Å². The highest BCUT2D eigenvalue weighted by molar-refractivity contribution is 7.90. The molecule has 0 saturated heterocycles. The summed E-state index contributed by atoms with van der Waals surface area (Å²) >= 11 is -1.14. The van der Waals surface area contributed by atoms with Crippen molar-refractivity contribution in [2.24, 2.45) is 7.05 Å². The Kier molecular flexibility index (Phi) is 4.60. The maximum absolute atomic E-state index is 12.0. The first kappa shape index (κ1) is 14.5. The second-order valence-electron chi connectivity index (χ2n) is 5.05. The fourth-order valence-electron chi connectivity index (χ4n) is 1.44. The van der Waals surface area contributed by atoms with Crippen LogP contribution in [0.3, 0.4) is 0 Å². The van der Waals surface area contributed by atoms with Crippen LogP contribution < -0.4 is 4.72 Å². The molecular weight excluding hydrogens is 238 g/mol. The minimum atomic E-state index is -1.14. The number of aromatic nitrogens is 2. The summed E-state index contributed by atoms with van der Waals surface area (Å²) in [6, 6.07) is -0.106. The van der Waals surface area contributed by atoms with Crippen LogP contribution in [0.25, 0.3) is 0 Å². The molecule has 2 atom stereocenters. The summed E-state index contributed by atoms with van der Waals surface area (Å²) in [5.41, 5.74) is 1.63. The smallest absolute Gasteiger partial charge is 0.136 e. The Hall–Kier alpha value is -0.560. The first-order valence-electron chi connectivity index (χ1n) is 5.57. The van der Waals surface area contributed by atoms with Crippen LogP contribution in [-0.4, -0.2) is 24.2 Å². The van der Waals surface area contributed by atoms with Gasteiger partial charge in [-0.25, -0.2) is 0 Å². The van der Waals surface area contributed by atoms with Gasteiger partial charge >= 0.3 is 0 Å². The first-order chi connectivity index (χ1) is 7.77. The van der Waals surface area contributed by atoms with Crippen molar-refractivity contribution in [3.8, 4) is 0 Å². The van der Waals surface area contributed by atoms with Gasteiger partial charge in [0.2, 0.25) is 0 Å². The van der Waals surface area contributed by atoms with E-state index in [1.54, 1.807) is 17.9 Å². The number of aliphatic hydroxyl groups excluding tert-OH is 1. The maximum atomic E-state index is 12.0. The zero-order valence-corrected chi connectivity index (χ0v) is 11.8. The molecule has 1 aromatic rings. The summed E-state index contributed by atoms with van der Waals surface area (Å²) in [6.45, 7) is 7.59. The molecule has 0 aliphatic carbocycles. The van der Waals surface area contributed by atoms with E-state index in [4.69, 9.17) is 0 Å². The molecular formula is C11H21N3O2S. The molecule has 0 saturated carbocycles. The van der Waals surface area contributed by atoms with Crippen molar-refractivity contribution in [1.29, 1.82) is 0 Å². The molecule has 0 spiro atoms. The van der Waals surface area contributed by atoms with E-state index >= 15 is 0 Å². The number of rotatable bonds is 4. The number of hydrogen-bond acceptors (Lipinski definition) is 4. The first-order valence-corrected chi connectivity index (χ1v) is 6.72. The molecule has 1 aromatic heterocycles. The molecule has 17 heavy (non-hydrogen) atoms. The minimum absolute atomic E-state index is 0.0694. The summed E-state index contributed by atoms with van der Waals surface area (Å²) in [5, 5.41) is 13.4. The van der Waals surface area contributed by atoms with Crippen LogP contribution in [0, 0.1) is 0 Å². The Morgan fingerprint density at radius 3 is 2.65 bits per heavy atom. The molecule has 0 aromatic carbocycles. The fraction of sp³-hybridized carbons (Fsp3) is 0.727. The minimum Gasteiger partial charge on any atom is -0.598 e. The third-order valence-electron chi connectivity index (χ3n) is 2.55. The van der Waals surface area contributed by atoms with Crippen LogP contribution in [0.15, 0.2) is 6.20 Å². The van der Waals surface area contributed by atoms with Crippen LogP contribution in [0.1, 0.15) is 45.0 Å². The van der Waals surface area contributed by atoms with Crippen LogP contribution >= 0.6 is 0 Å². The summed E-state index contributed by atoms with van der Waals surface area (Å²) in [4.78, 5) is 0. The van der Waals surface area contributed by atoms with E-state index in [-0.39, 0.29) is 17.4 Å². The molecule has 0 aliphatic rings. The largest absolute Gasteiger partial charge is 0.598 e. The van der Waals surface area contributed by atoms with Gasteiger partial charge in [0.15, 0.2) is 0 Å². The number of aliphatic hydroxyl groups is 1. The second kappa shape index (κ2) is 5.39. The Labute approximate surface area is 106 Å². The normalized spacial score (nSPS) is 15.9. The lowest BCUT2D eigenvalue weighted by molar-refractivity contribution is 0.268. The molecule has 1 rings (SSSR count). The topological polar surface area (TPSA) is 73.1 Å². The summed E-state index contributed by atoms with van der Waals surface area (Å²) in [7, 11) is 1.78. The van der Waals surface area contributed by atoms with Crippen molar-refractivity contribution in [3.63, 3.8) is 0 Å². The molecule has 0 amide bonds. The molecule has 1 heterocycles. The predicted molar refractivity (Wildman–Crippen MR) is 68.6 cm³/mol. The molecule has 0 aliphatic heterocycles. The van der Waals surface area contributed by atoms with Gasteiger partial charge in [-0.1, -0.05) is 0 Å². The highest BCUT2D eigenvalue weighted by Gasteiger charge is 2.29. The molecule has 0 unspecified atom stereocenters. The van der Waals surface area contributed by atoms with E-state index in [1.165, 1.54) is 0 Å². The molecule has 98 valence electrons. The molecule has 0 fully saturated rings. The quantitative estimate of drug-likeness (QED) is 0.792. The summed E-state index contributed by atoms with van der Waals surface area (Å²) in [5.74, 6) is 0. The molecule has 0 radical (unpaired) electrons. The summed E-state index contributed by atoms with van der Waals surface area (Å²) in [6.07, 6.45) is 1.70. The van der Waals surface area contributed by atoms with E-state index < -0.39 is 11.4 Å². The highest BCUT2D eigenvalue weighted by atomic mass is 32.2. The van der Waals surface area contributed by atoms with Crippen molar-refractivity contribution in [2.45, 2.75) is 45.1 Å². The van der Waals surface area contributed by atoms with E-state index in [0.29, 0.717) is 0 Å². The van der Waals surface area contributed by atoms with Gasteiger partial charge in [-0.15, -0.1) is 4.72 Å². The highest BCUT2D eigenvalue weighted by Crippen LogP contribution is 2.21. The number of nitrogens with zero attached hydrogens (tertiary/aromatic N) is 2. The fourth-order valence-corrected chi connectivity index (χ4v) is 2.24. The van der Waals surface area contributed by atoms with Crippen LogP contribution in [-0.2, 0) is 25.0 Å². The van der Waals surface area contributed by atoms with Crippen molar-refractivity contribution < 1.29 is 9.66 Å². The lowest BCUT2D eigenvalue weighted by Crippen LogP contribution is -2.40. The van der Waals surface area contributed by atoms with Crippen LogP contribution in [0.2, 0.25) is 0 Å². The SMILES string of the molecule is C[C@@H](N[S@+]([O-])C(C)(C)C)c1cnn(C)c1CO. The number of nitrogens with one attached hydrogen (secondary N) is 1. The molecule has 2 N–H and O–H groups in total. The average molecular weight is 259 g/mol. The van der Waals surface area contributed by atoms with Crippen LogP contribution in [0.4, 0.5) is 0 Å². The monoisotopic (exact) mass is 259 g/mol. The standard InChI is InChI=1S/C11H21N3O2S/c1-8(13-17(16)11(2,3)4)9-6-12-14(5)10(9)7-15/h6,8,13,15H,7H2,1-5H3/t8-,17-/m1/s1. The maximum Gasteiger partial charge on any atom is 0.136 e. The van der Waals surface area contributed by atoms with Crippen LogP contribution in [0.5, 0.6) is 0 Å². The van der Waals surface area contributed by atoms with E-state index in [2.05, 4.69) is 9.82 Å². The van der Waals surface area contributed by atoms with Crippen molar-refractivity contribution in [2.75, 3.05) is 0 Å². The van der Waals surface area contributed by atoms with Crippen molar-refractivity contribution in [1.82, 2.24) is 14.5 Å². The third-order valence-corrected chi connectivity index (χ3v) is 4.23. The zero-order chi connectivity index (χ0) is 13.2. The lowest BCUT2D eigenvalue weighted by Gasteiger charge is -2.26. The third kappa shape index (κ3) is 3.45.